The second-order valence-corrected chi connectivity index (χ2v) is 4.37. The third-order valence-electron chi connectivity index (χ3n) is 3.15. The lowest BCUT2D eigenvalue weighted by molar-refractivity contribution is -0.119. The summed E-state index contributed by atoms with van der Waals surface area (Å²) in [5.74, 6) is 0.616. The van der Waals surface area contributed by atoms with E-state index in [1.54, 1.807) is 0 Å². The number of hydrogen-bond acceptors (Lipinski definition) is 2. The molecule has 0 aromatic carbocycles. The second kappa shape index (κ2) is 6.02. The van der Waals surface area contributed by atoms with Gasteiger partial charge in [0.25, 0.3) is 0 Å². The van der Waals surface area contributed by atoms with Gasteiger partial charge < -0.3 is 11.1 Å². The normalized spacial score (nSPS) is 20.6. The van der Waals surface area contributed by atoms with Crippen LogP contribution in [0, 0.1) is 5.92 Å². The third-order valence-corrected chi connectivity index (χ3v) is 3.15. The summed E-state index contributed by atoms with van der Waals surface area (Å²) in [7, 11) is 0. The summed E-state index contributed by atoms with van der Waals surface area (Å²) in [4.78, 5) is 10.7. The lowest BCUT2D eigenvalue weighted by Gasteiger charge is -2.22. The van der Waals surface area contributed by atoms with Crippen molar-refractivity contribution < 1.29 is 4.79 Å². The quantitative estimate of drug-likeness (QED) is 0.702. The van der Waals surface area contributed by atoms with Crippen LogP contribution in [0.5, 0.6) is 0 Å². The summed E-state index contributed by atoms with van der Waals surface area (Å²) in [5.41, 5.74) is 5.15. The zero-order valence-electron chi connectivity index (χ0n) is 9.09. The Bertz CT molecular complexity index is 176. The molecule has 1 atom stereocenters. The Balaban J connectivity index is 2.05. The maximum Gasteiger partial charge on any atom is 0.234 e. The summed E-state index contributed by atoms with van der Waals surface area (Å²) in [6.45, 7) is 2.75. The van der Waals surface area contributed by atoms with E-state index in [2.05, 4.69) is 5.32 Å². The zero-order chi connectivity index (χ0) is 10.4. The number of amides is 1. The fraction of sp³-hybridized carbons (Fsp3) is 0.909. The number of nitrogens with one attached hydrogen (secondary N) is 1. The van der Waals surface area contributed by atoms with E-state index in [9.17, 15) is 4.79 Å². The van der Waals surface area contributed by atoms with Gasteiger partial charge in [0.05, 0.1) is 6.04 Å². The van der Waals surface area contributed by atoms with Crippen LogP contribution < -0.4 is 11.1 Å². The van der Waals surface area contributed by atoms with Gasteiger partial charge in [0.1, 0.15) is 0 Å². The monoisotopic (exact) mass is 198 g/mol. The van der Waals surface area contributed by atoms with Gasteiger partial charge in [0, 0.05) is 0 Å². The van der Waals surface area contributed by atoms with Crippen LogP contribution in [-0.4, -0.2) is 18.5 Å². The molecule has 0 aliphatic heterocycles. The first-order valence-electron chi connectivity index (χ1n) is 5.73. The molecule has 0 bridgehead atoms. The Morgan fingerprint density at radius 3 is 2.64 bits per heavy atom. The fourth-order valence-corrected chi connectivity index (χ4v) is 2.08. The highest BCUT2D eigenvalue weighted by Crippen LogP contribution is 2.25. The van der Waals surface area contributed by atoms with Crippen molar-refractivity contribution in [2.24, 2.45) is 11.7 Å². The maximum absolute atomic E-state index is 10.7. The molecule has 0 spiro atoms. The van der Waals surface area contributed by atoms with Gasteiger partial charge in [-0.25, -0.2) is 0 Å². The molecular formula is C11H22N2O. The lowest BCUT2D eigenvalue weighted by Crippen LogP contribution is -2.39. The molecule has 0 aromatic heterocycles. The molecule has 3 nitrogen and oxygen atoms in total. The van der Waals surface area contributed by atoms with Gasteiger partial charge >= 0.3 is 0 Å². The van der Waals surface area contributed by atoms with Crippen LogP contribution >= 0.6 is 0 Å². The van der Waals surface area contributed by atoms with Crippen molar-refractivity contribution in [3.63, 3.8) is 0 Å². The van der Waals surface area contributed by atoms with Crippen LogP contribution in [-0.2, 0) is 4.79 Å². The molecule has 1 rings (SSSR count). The van der Waals surface area contributed by atoms with Gasteiger partial charge in [0.2, 0.25) is 5.91 Å². The molecule has 0 saturated heterocycles. The van der Waals surface area contributed by atoms with Crippen molar-refractivity contribution in [1.29, 1.82) is 0 Å². The van der Waals surface area contributed by atoms with E-state index < -0.39 is 0 Å². The van der Waals surface area contributed by atoms with Crippen LogP contribution in [0.3, 0.4) is 0 Å². The molecule has 14 heavy (non-hydrogen) atoms. The Labute approximate surface area is 86.4 Å². The van der Waals surface area contributed by atoms with Crippen molar-refractivity contribution in [3.8, 4) is 0 Å². The molecule has 0 heterocycles. The molecule has 1 unspecified atom stereocenters. The molecule has 1 fully saturated rings. The molecule has 3 N–H and O–H groups in total. The van der Waals surface area contributed by atoms with E-state index in [1.165, 1.54) is 38.5 Å². The Morgan fingerprint density at radius 1 is 1.43 bits per heavy atom. The number of rotatable bonds is 5. The van der Waals surface area contributed by atoms with Gasteiger partial charge in [-0.15, -0.1) is 0 Å². The first-order chi connectivity index (χ1) is 6.70. The Hall–Kier alpha value is -0.570. The number of nitrogens with two attached hydrogens (primary N) is 1. The van der Waals surface area contributed by atoms with Crippen LogP contribution in [0.25, 0.3) is 0 Å². The molecule has 3 heteroatoms. The molecule has 0 aromatic rings. The molecule has 1 saturated carbocycles. The number of hydrogen-bond donors (Lipinski definition) is 2. The zero-order valence-corrected chi connectivity index (χ0v) is 9.09. The number of primary amides is 1. The van der Waals surface area contributed by atoms with Crippen LogP contribution in [0.4, 0.5) is 0 Å². The van der Waals surface area contributed by atoms with Crippen molar-refractivity contribution >= 4 is 5.91 Å². The van der Waals surface area contributed by atoms with Crippen molar-refractivity contribution in [1.82, 2.24) is 5.32 Å². The van der Waals surface area contributed by atoms with Crippen LogP contribution in [0.2, 0.25) is 0 Å². The summed E-state index contributed by atoms with van der Waals surface area (Å²) in [6.07, 6.45) is 8.10. The second-order valence-electron chi connectivity index (χ2n) is 4.37. The van der Waals surface area contributed by atoms with Gasteiger partial charge in [-0.05, 0) is 25.8 Å². The molecular weight excluding hydrogens is 176 g/mol. The molecule has 82 valence electrons. The van der Waals surface area contributed by atoms with Crippen molar-refractivity contribution in [3.05, 3.63) is 0 Å². The van der Waals surface area contributed by atoms with Gasteiger partial charge in [0.15, 0.2) is 0 Å². The van der Waals surface area contributed by atoms with Crippen molar-refractivity contribution in [2.75, 3.05) is 6.54 Å². The fourth-order valence-electron chi connectivity index (χ4n) is 2.08. The topological polar surface area (TPSA) is 55.1 Å². The lowest BCUT2D eigenvalue weighted by atomic mass is 9.87. The van der Waals surface area contributed by atoms with Crippen LogP contribution in [0.1, 0.15) is 45.4 Å². The van der Waals surface area contributed by atoms with Crippen molar-refractivity contribution in [2.45, 2.75) is 51.5 Å². The van der Waals surface area contributed by atoms with E-state index in [4.69, 9.17) is 5.73 Å². The highest BCUT2D eigenvalue weighted by atomic mass is 16.1. The minimum absolute atomic E-state index is 0.182. The van der Waals surface area contributed by atoms with E-state index in [0.717, 1.165) is 12.5 Å². The first-order valence-corrected chi connectivity index (χ1v) is 5.73. The average molecular weight is 198 g/mol. The summed E-state index contributed by atoms with van der Waals surface area (Å²) >= 11 is 0. The summed E-state index contributed by atoms with van der Waals surface area (Å²) in [5, 5.41) is 3.15. The van der Waals surface area contributed by atoms with E-state index in [1.807, 2.05) is 6.92 Å². The van der Waals surface area contributed by atoms with Gasteiger partial charge in [-0.1, -0.05) is 32.1 Å². The molecule has 1 aliphatic carbocycles. The van der Waals surface area contributed by atoms with E-state index in [-0.39, 0.29) is 11.9 Å². The SMILES string of the molecule is CC(NCCC1CCCCC1)C(N)=O. The highest BCUT2D eigenvalue weighted by Gasteiger charge is 2.14. The predicted molar refractivity (Wildman–Crippen MR) is 57.9 cm³/mol. The minimum atomic E-state index is -0.256. The number of carbonyl (C=O) groups is 1. The number of carbonyl (C=O) groups excluding carboxylic acids is 1. The Morgan fingerprint density at radius 2 is 2.07 bits per heavy atom. The smallest absolute Gasteiger partial charge is 0.234 e. The molecule has 1 aliphatic rings. The van der Waals surface area contributed by atoms with E-state index >= 15 is 0 Å². The van der Waals surface area contributed by atoms with Crippen LogP contribution in [0.15, 0.2) is 0 Å². The molecule has 1 amide bonds. The minimum Gasteiger partial charge on any atom is -0.368 e. The molecule has 0 radical (unpaired) electrons. The summed E-state index contributed by atoms with van der Waals surface area (Å²) in [6, 6.07) is -0.182. The largest absolute Gasteiger partial charge is 0.368 e. The highest BCUT2D eigenvalue weighted by molar-refractivity contribution is 5.79. The predicted octanol–water partition coefficient (Wildman–Crippen LogP) is 1.42. The standard InChI is InChI=1S/C11H22N2O/c1-9(11(12)14)13-8-7-10-5-3-2-4-6-10/h9-10,13H,2-8H2,1H3,(H2,12,14). The van der Waals surface area contributed by atoms with Gasteiger partial charge in [-0.2, -0.15) is 0 Å². The summed E-state index contributed by atoms with van der Waals surface area (Å²) < 4.78 is 0. The maximum atomic E-state index is 10.7. The third kappa shape index (κ3) is 4.09. The van der Waals surface area contributed by atoms with Gasteiger partial charge in [-0.3, -0.25) is 4.79 Å². The average Bonchev–Trinajstić information content (AvgIpc) is 2.19. The first kappa shape index (κ1) is 11.5. The Kier molecular flexibility index (Phi) is 4.94. The van der Waals surface area contributed by atoms with E-state index in [0.29, 0.717) is 0 Å².